The number of nitriles is 1. The first-order valence-electron chi connectivity index (χ1n) is 11.9. The van der Waals surface area contributed by atoms with E-state index in [0.29, 0.717) is 23.6 Å². The SMILES string of the molecule is CC(C)C(NCC(=O)c1cccc(C#N)c1)C(=O)NCC1CCN(Cc2ccc(Cl)cc2)CC1. The zero-order valence-electron chi connectivity index (χ0n) is 19.9. The number of Topliss-reactive ketones (excluding diaryl/α,β-unsaturated/α-hetero) is 1. The van der Waals surface area contributed by atoms with Gasteiger partial charge in [0.05, 0.1) is 24.2 Å². The molecule has 34 heavy (non-hydrogen) atoms. The van der Waals surface area contributed by atoms with E-state index in [4.69, 9.17) is 16.9 Å². The fraction of sp³-hybridized carbons (Fsp3) is 0.444. The van der Waals surface area contributed by atoms with Crippen LogP contribution in [0.2, 0.25) is 5.02 Å². The molecule has 6 nitrogen and oxygen atoms in total. The summed E-state index contributed by atoms with van der Waals surface area (Å²) >= 11 is 5.97. The van der Waals surface area contributed by atoms with Gasteiger partial charge in [-0.05, 0) is 67.6 Å². The van der Waals surface area contributed by atoms with Gasteiger partial charge in [-0.3, -0.25) is 19.8 Å². The molecular weight excluding hydrogens is 448 g/mol. The van der Waals surface area contributed by atoms with Gasteiger partial charge in [0.1, 0.15) is 0 Å². The average Bonchev–Trinajstić information content (AvgIpc) is 2.84. The molecular formula is C27H33ClN4O2. The van der Waals surface area contributed by atoms with Crippen LogP contribution in [0.3, 0.4) is 0 Å². The van der Waals surface area contributed by atoms with Gasteiger partial charge < -0.3 is 5.32 Å². The minimum Gasteiger partial charge on any atom is -0.354 e. The number of rotatable bonds is 10. The average molecular weight is 481 g/mol. The van der Waals surface area contributed by atoms with Crippen molar-refractivity contribution in [2.75, 3.05) is 26.2 Å². The molecule has 0 spiro atoms. The van der Waals surface area contributed by atoms with Gasteiger partial charge in [-0.15, -0.1) is 0 Å². The summed E-state index contributed by atoms with van der Waals surface area (Å²) in [6.07, 6.45) is 2.09. The molecule has 1 aliphatic rings. The zero-order chi connectivity index (χ0) is 24.5. The number of carbonyl (C=O) groups is 2. The van der Waals surface area contributed by atoms with Crippen LogP contribution >= 0.6 is 11.6 Å². The molecule has 180 valence electrons. The summed E-state index contributed by atoms with van der Waals surface area (Å²) < 4.78 is 0. The Balaban J connectivity index is 1.42. The number of amides is 1. The lowest BCUT2D eigenvalue weighted by Gasteiger charge is -2.32. The number of benzene rings is 2. The number of ketones is 1. The fourth-order valence-electron chi connectivity index (χ4n) is 4.25. The lowest BCUT2D eigenvalue weighted by atomic mass is 9.95. The minimum absolute atomic E-state index is 0.0412. The predicted molar refractivity (Wildman–Crippen MR) is 135 cm³/mol. The number of hydrogen-bond donors (Lipinski definition) is 2. The monoisotopic (exact) mass is 480 g/mol. The molecule has 1 aliphatic heterocycles. The maximum absolute atomic E-state index is 12.9. The van der Waals surface area contributed by atoms with Gasteiger partial charge in [0.15, 0.2) is 5.78 Å². The minimum atomic E-state index is -0.451. The molecule has 0 aromatic heterocycles. The third kappa shape index (κ3) is 7.66. The Morgan fingerprint density at radius 2 is 1.85 bits per heavy atom. The van der Waals surface area contributed by atoms with Crippen molar-refractivity contribution in [2.24, 2.45) is 11.8 Å². The molecule has 1 saturated heterocycles. The number of nitrogens with one attached hydrogen (secondary N) is 2. The smallest absolute Gasteiger partial charge is 0.237 e. The first-order chi connectivity index (χ1) is 16.4. The summed E-state index contributed by atoms with van der Waals surface area (Å²) in [4.78, 5) is 27.8. The molecule has 7 heteroatoms. The van der Waals surface area contributed by atoms with Crippen LogP contribution in [-0.4, -0.2) is 48.8 Å². The van der Waals surface area contributed by atoms with Crippen molar-refractivity contribution in [3.63, 3.8) is 0 Å². The van der Waals surface area contributed by atoms with Gasteiger partial charge in [-0.2, -0.15) is 5.26 Å². The van der Waals surface area contributed by atoms with E-state index in [9.17, 15) is 9.59 Å². The predicted octanol–water partition coefficient (Wildman–Crippen LogP) is 4.04. The summed E-state index contributed by atoms with van der Waals surface area (Å²) in [5, 5.41) is 16.0. The van der Waals surface area contributed by atoms with Gasteiger partial charge in [-0.25, -0.2) is 0 Å². The topological polar surface area (TPSA) is 85.2 Å². The summed E-state index contributed by atoms with van der Waals surface area (Å²) in [5.41, 5.74) is 2.18. The number of nitrogens with zero attached hydrogens (tertiary/aromatic N) is 2. The highest BCUT2D eigenvalue weighted by molar-refractivity contribution is 6.30. The van der Waals surface area contributed by atoms with Crippen LogP contribution in [-0.2, 0) is 11.3 Å². The maximum atomic E-state index is 12.9. The van der Waals surface area contributed by atoms with E-state index in [-0.39, 0.29) is 24.2 Å². The normalized spacial score (nSPS) is 15.6. The summed E-state index contributed by atoms with van der Waals surface area (Å²) in [6.45, 7) is 7.56. The van der Waals surface area contributed by atoms with E-state index in [0.717, 1.165) is 37.5 Å². The van der Waals surface area contributed by atoms with E-state index in [1.165, 1.54) is 5.56 Å². The van der Waals surface area contributed by atoms with Crippen LogP contribution in [0.1, 0.15) is 48.2 Å². The molecule has 0 bridgehead atoms. The second kappa shape index (κ2) is 12.7. The van der Waals surface area contributed by atoms with Crippen LogP contribution < -0.4 is 10.6 Å². The molecule has 2 N–H and O–H groups in total. The van der Waals surface area contributed by atoms with E-state index in [2.05, 4.69) is 27.7 Å². The summed E-state index contributed by atoms with van der Waals surface area (Å²) in [7, 11) is 0. The highest BCUT2D eigenvalue weighted by Crippen LogP contribution is 2.19. The number of likely N-dealkylation sites (tertiary alicyclic amines) is 1. The maximum Gasteiger partial charge on any atom is 0.237 e. The highest BCUT2D eigenvalue weighted by Gasteiger charge is 2.25. The van der Waals surface area contributed by atoms with Crippen LogP contribution in [0.5, 0.6) is 0 Å². The Hall–Kier alpha value is -2.72. The lowest BCUT2D eigenvalue weighted by molar-refractivity contribution is -0.124. The summed E-state index contributed by atoms with van der Waals surface area (Å²) in [5.74, 6) is 0.286. The Morgan fingerprint density at radius 1 is 1.15 bits per heavy atom. The van der Waals surface area contributed by atoms with Crippen LogP contribution in [0, 0.1) is 23.2 Å². The van der Waals surface area contributed by atoms with Gasteiger partial charge >= 0.3 is 0 Å². The van der Waals surface area contributed by atoms with Crippen molar-refractivity contribution in [3.8, 4) is 6.07 Å². The highest BCUT2D eigenvalue weighted by atomic mass is 35.5. The fourth-order valence-corrected chi connectivity index (χ4v) is 4.38. The molecule has 2 aromatic carbocycles. The number of hydrogen-bond acceptors (Lipinski definition) is 5. The first-order valence-corrected chi connectivity index (χ1v) is 12.2. The second-order valence-electron chi connectivity index (χ2n) is 9.31. The molecule has 3 rings (SSSR count). The third-order valence-corrected chi connectivity index (χ3v) is 6.59. The molecule has 2 aromatic rings. The van der Waals surface area contributed by atoms with Gasteiger partial charge in [0.2, 0.25) is 5.91 Å². The molecule has 1 unspecified atom stereocenters. The standard InChI is InChI=1S/C27H33ClN4O2/c1-19(2)26(30-17-25(33)23-5-3-4-22(14-23)15-29)27(34)31-16-20-10-12-32(13-11-20)18-21-6-8-24(28)9-7-21/h3-9,14,19-20,26,30H,10-13,16-18H2,1-2H3,(H,31,34). The molecule has 1 heterocycles. The van der Waals surface area contributed by atoms with Crippen molar-refractivity contribution in [1.29, 1.82) is 5.26 Å². The van der Waals surface area contributed by atoms with E-state index in [1.54, 1.807) is 24.3 Å². The Kier molecular flexibility index (Phi) is 9.64. The van der Waals surface area contributed by atoms with Gasteiger partial charge in [0, 0.05) is 23.7 Å². The Labute approximate surface area is 207 Å². The van der Waals surface area contributed by atoms with Crippen molar-refractivity contribution in [2.45, 2.75) is 39.3 Å². The number of halogens is 1. The molecule has 1 fully saturated rings. The second-order valence-corrected chi connectivity index (χ2v) is 9.75. The first kappa shape index (κ1) is 25.9. The van der Waals surface area contributed by atoms with Crippen LogP contribution in [0.4, 0.5) is 0 Å². The molecule has 0 aliphatic carbocycles. The van der Waals surface area contributed by atoms with Crippen molar-refractivity contribution in [1.82, 2.24) is 15.5 Å². The van der Waals surface area contributed by atoms with Crippen molar-refractivity contribution < 1.29 is 9.59 Å². The zero-order valence-corrected chi connectivity index (χ0v) is 20.6. The van der Waals surface area contributed by atoms with Crippen LogP contribution in [0.15, 0.2) is 48.5 Å². The van der Waals surface area contributed by atoms with Crippen molar-refractivity contribution >= 4 is 23.3 Å². The summed E-state index contributed by atoms with van der Waals surface area (Å²) in [6, 6.07) is 16.2. The van der Waals surface area contributed by atoms with Gasteiger partial charge in [0.25, 0.3) is 0 Å². The molecule has 0 saturated carbocycles. The van der Waals surface area contributed by atoms with E-state index >= 15 is 0 Å². The van der Waals surface area contributed by atoms with E-state index in [1.807, 2.05) is 32.0 Å². The Morgan fingerprint density at radius 3 is 2.50 bits per heavy atom. The Bertz CT molecular complexity index is 1010. The van der Waals surface area contributed by atoms with Crippen molar-refractivity contribution in [3.05, 3.63) is 70.2 Å². The lowest BCUT2D eigenvalue weighted by Crippen LogP contribution is -2.50. The number of carbonyl (C=O) groups excluding carboxylic acids is 2. The van der Waals surface area contributed by atoms with Gasteiger partial charge in [-0.1, -0.05) is 49.7 Å². The molecule has 1 amide bonds. The largest absolute Gasteiger partial charge is 0.354 e. The quantitative estimate of drug-likeness (QED) is 0.501. The molecule has 0 radical (unpaired) electrons. The molecule has 1 atom stereocenters. The number of piperidine rings is 1. The van der Waals surface area contributed by atoms with E-state index < -0.39 is 6.04 Å². The third-order valence-electron chi connectivity index (χ3n) is 6.34. The van der Waals surface area contributed by atoms with Crippen LogP contribution in [0.25, 0.3) is 0 Å².